The molecule has 25 valence electrons. The Kier molecular flexibility index (Phi) is 108. The van der Waals surface area contributed by atoms with Crippen molar-refractivity contribution in [2.24, 2.45) is 0 Å². The molecule has 0 N–H and O–H groups in total. The van der Waals surface area contributed by atoms with E-state index in [1.165, 1.54) is 0 Å². The van der Waals surface area contributed by atoms with Gasteiger partial charge in [-0.3, -0.25) is 0 Å². The van der Waals surface area contributed by atoms with Crippen molar-refractivity contribution in [2.75, 3.05) is 0 Å². The molecule has 0 aromatic carbocycles. The molecule has 5 heavy (non-hydrogen) atoms. The number of hydrogen-bond donors (Lipinski definition) is 0. The third-order valence-corrected chi connectivity index (χ3v) is 0. The summed E-state index contributed by atoms with van der Waals surface area (Å²) in [4.78, 5) is 0. The number of hydrogen-bond acceptors (Lipinski definition) is 1. The van der Waals surface area contributed by atoms with E-state index >= 15 is 0 Å². The van der Waals surface area contributed by atoms with Crippen molar-refractivity contribution < 1.29 is 163 Å². The molecule has 0 aliphatic carbocycles. The molecule has 2 nitrogen and oxygen atoms in total. The van der Waals surface area contributed by atoms with Crippen LogP contribution >= 0.6 is 0 Å². The van der Waals surface area contributed by atoms with Gasteiger partial charge < -0.3 is 5.48 Å². The van der Waals surface area contributed by atoms with E-state index in [4.69, 9.17) is 3.83 Å². The molecule has 0 atom stereocenters. The molecule has 0 fully saturated rings. The maximum absolute atomic E-state index is 7.81. The van der Waals surface area contributed by atoms with Crippen molar-refractivity contribution in [3.63, 3.8) is 0 Å². The van der Waals surface area contributed by atoms with Crippen LogP contribution in [0.3, 0.4) is 0 Å². The molecule has 0 bridgehead atoms. The molecule has 0 aromatic rings. The first-order valence-corrected chi connectivity index (χ1v) is 0.508. The monoisotopic (exact) mass is 361 g/mol. The van der Waals surface area contributed by atoms with Crippen molar-refractivity contribution in [1.82, 2.24) is 0 Å². The fraction of sp³-hybridized carbons (Fsp3) is 0. The molecule has 0 rings (SSSR count). The summed E-state index contributed by atoms with van der Waals surface area (Å²) >= 11 is 2.94. The molecule has 0 unspecified atom stereocenters. The average molecular weight is 361 g/mol. The molecule has 0 heterocycles. The Morgan fingerprint density at radius 1 is 1.00 bits per heavy atom. The fourth-order valence-electron chi connectivity index (χ4n) is 0. The summed E-state index contributed by atoms with van der Waals surface area (Å²) in [7, 11) is 0. The topological polar surface area (TPSA) is 45.6 Å². The summed E-state index contributed by atoms with van der Waals surface area (Å²) < 4.78 is 7.81. The van der Waals surface area contributed by atoms with Crippen molar-refractivity contribution in [3.05, 3.63) is 0 Å². The SMILES string of the molecule is [Cs+].[Cs+].[O-2].[O]=[Cu]. The predicted octanol–water partition coefficient (Wildman–Crippen LogP) is -6.23. The predicted molar refractivity (Wildman–Crippen MR) is 1.37 cm³/mol. The zero-order valence-corrected chi connectivity index (χ0v) is 16.6. The normalized spacial score (nSPS) is 1.20. The third-order valence-electron chi connectivity index (χ3n) is 0. The van der Waals surface area contributed by atoms with Crippen LogP contribution in [-0.4, -0.2) is 0 Å². The van der Waals surface area contributed by atoms with Crippen molar-refractivity contribution in [1.29, 1.82) is 0 Å². The van der Waals surface area contributed by atoms with Crippen LogP contribution in [0.15, 0.2) is 0 Å². The van der Waals surface area contributed by atoms with Gasteiger partial charge in [-0.1, -0.05) is 0 Å². The number of rotatable bonds is 0. The Balaban J connectivity index is -0.00000000167. The average Bonchev–Trinajstić information content (AvgIpc) is 1.00. The summed E-state index contributed by atoms with van der Waals surface area (Å²) in [6.07, 6.45) is 0. The molecule has 0 saturated carbocycles. The van der Waals surface area contributed by atoms with Gasteiger partial charge in [0.2, 0.25) is 0 Å². The van der Waals surface area contributed by atoms with Crippen molar-refractivity contribution in [3.8, 4) is 0 Å². The zero-order valence-electron chi connectivity index (χ0n) is 3.12. The van der Waals surface area contributed by atoms with Gasteiger partial charge in [0.25, 0.3) is 0 Å². The minimum atomic E-state index is 0. The first kappa shape index (κ1) is 22.8. The van der Waals surface area contributed by atoms with E-state index in [0.29, 0.717) is 0 Å². The summed E-state index contributed by atoms with van der Waals surface area (Å²) in [6.45, 7) is 0. The van der Waals surface area contributed by atoms with Crippen LogP contribution in [-0.2, 0) is 25.3 Å². The van der Waals surface area contributed by atoms with Gasteiger partial charge >= 0.3 is 158 Å². The Morgan fingerprint density at radius 3 is 1.00 bits per heavy atom. The van der Waals surface area contributed by atoms with Crippen LogP contribution in [0.25, 0.3) is 0 Å². The molecule has 0 aliphatic heterocycles. The van der Waals surface area contributed by atoms with Gasteiger partial charge in [-0.05, 0) is 0 Å². The third kappa shape index (κ3) is 17.8. The van der Waals surface area contributed by atoms with Crippen molar-refractivity contribution in [2.45, 2.75) is 0 Å². The minimum absolute atomic E-state index is 0. The van der Waals surface area contributed by atoms with Crippen LogP contribution in [0.1, 0.15) is 0 Å². The van der Waals surface area contributed by atoms with Gasteiger partial charge in [-0.2, -0.15) is 0 Å². The van der Waals surface area contributed by atoms with E-state index in [1.54, 1.807) is 0 Å². The second-order valence-electron chi connectivity index (χ2n) is 0. The van der Waals surface area contributed by atoms with E-state index in [0.717, 1.165) is 0 Å². The zero-order chi connectivity index (χ0) is 2.00. The van der Waals surface area contributed by atoms with Gasteiger partial charge in [0.1, 0.15) is 0 Å². The summed E-state index contributed by atoms with van der Waals surface area (Å²) in [5.41, 5.74) is 0. The summed E-state index contributed by atoms with van der Waals surface area (Å²) in [5.74, 6) is 0. The van der Waals surface area contributed by atoms with Gasteiger partial charge in [-0.25, -0.2) is 0 Å². The van der Waals surface area contributed by atoms with E-state index in [1.807, 2.05) is 0 Å². The van der Waals surface area contributed by atoms with E-state index in [2.05, 4.69) is 15.9 Å². The Morgan fingerprint density at radius 2 is 1.00 bits per heavy atom. The Labute approximate surface area is 157 Å². The molecule has 0 saturated heterocycles. The molecule has 0 spiro atoms. The van der Waals surface area contributed by atoms with E-state index < -0.39 is 0 Å². The molecule has 0 aromatic heterocycles. The molecule has 0 radical (unpaired) electrons. The van der Waals surface area contributed by atoms with Gasteiger partial charge in [0, 0.05) is 0 Å². The molecule has 0 aliphatic rings. The maximum atomic E-state index is 7.81. The fourth-order valence-corrected chi connectivity index (χ4v) is 0. The summed E-state index contributed by atoms with van der Waals surface area (Å²) in [6, 6.07) is 0. The van der Waals surface area contributed by atoms with Gasteiger partial charge in [-0.15, -0.1) is 0 Å². The Bertz CT molecular complexity index is 7.61. The molecule has 5 heteroatoms. The quantitative estimate of drug-likeness (QED) is 0.396. The second kappa shape index (κ2) is 23.8. The van der Waals surface area contributed by atoms with Crippen LogP contribution in [0.4, 0.5) is 0 Å². The van der Waals surface area contributed by atoms with Crippen LogP contribution in [0.2, 0.25) is 0 Å². The molecule has 0 amide bonds. The van der Waals surface area contributed by atoms with E-state index in [-0.39, 0.29) is 143 Å². The summed E-state index contributed by atoms with van der Waals surface area (Å²) in [5, 5.41) is 0. The standard InChI is InChI=1S/2Cs.Cu.2O/q2*+1;;;-2. The van der Waals surface area contributed by atoms with Crippen molar-refractivity contribution >= 4 is 0 Å². The second-order valence-corrected chi connectivity index (χ2v) is 0. The van der Waals surface area contributed by atoms with Gasteiger partial charge in [0.15, 0.2) is 0 Å². The first-order valence-electron chi connectivity index (χ1n) is 0.123. The van der Waals surface area contributed by atoms with E-state index in [9.17, 15) is 0 Å². The van der Waals surface area contributed by atoms with Crippen LogP contribution in [0.5, 0.6) is 0 Å². The Hall–Kier alpha value is 4.38. The van der Waals surface area contributed by atoms with Crippen LogP contribution in [0, 0.1) is 0 Å². The molecular weight excluding hydrogens is 361 g/mol. The van der Waals surface area contributed by atoms with Gasteiger partial charge in [0.05, 0.1) is 0 Å². The van der Waals surface area contributed by atoms with Crippen LogP contribution < -0.4 is 138 Å². The first-order chi connectivity index (χ1) is 1.00. The molecular formula is Cs2CuO2.